The van der Waals surface area contributed by atoms with Crippen LogP contribution < -0.4 is 4.74 Å². The van der Waals surface area contributed by atoms with Crippen molar-refractivity contribution >= 4 is 18.0 Å². The van der Waals surface area contributed by atoms with E-state index < -0.39 is 12.1 Å². The Labute approximate surface area is 164 Å². The zero-order chi connectivity index (χ0) is 20.1. The molecule has 1 atom stereocenters. The Morgan fingerprint density at radius 2 is 1.93 bits per heavy atom. The van der Waals surface area contributed by atoms with E-state index in [0.29, 0.717) is 24.4 Å². The molecule has 0 aliphatic carbocycles. The number of fused-ring (bicyclic) bond motifs is 1. The Morgan fingerprint density at radius 1 is 1.18 bits per heavy atom. The molecule has 1 N–H and O–H groups in total. The molecule has 6 nitrogen and oxygen atoms in total. The molecular weight excluding hydrogens is 358 g/mol. The Bertz CT molecular complexity index is 906. The summed E-state index contributed by atoms with van der Waals surface area (Å²) in [5.74, 6) is -0.484. The van der Waals surface area contributed by atoms with Crippen LogP contribution in [0.2, 0.25) is 0 Å². The smallest absolute Gasteiger partial charge is 0.331 e. The molecule has 6 heteroatoms. The minimum Gasteiger partial charge on any atom is -0.504 e. The molecule has 28 heavy (non-hydrogen) atoms. The number of carbonyl (C=O) groups is 2. The maximum absolute atomic E-state index is 12.6. The van der Waals surface area contributed by atoms with Crippen molar-refractivity contribution in [2.24, 2.45) is 0 Å². The largest absolute Gasteiger partial charge is 0.504 e. The predicted octanol–water partition coefficient (Wildman–Crippen LogP) is 2.93. The highest BCUT2D eigenvalue weighted by Gasteiger charge is 2.26. The van der Waals surface area contributed by atoms with Gasteiger partial charge in [-0.3, -0.25) is 4.79 Å². The lowest BCUT2D eigenvalue weighted by Crippen LogP contribution is -2.42. The van der Waals surface area contributed by atoms with Crippen molar-refractivity contribution in [3.63, 3.8) is 0 Å². The molecule has 1 amide bonds. The lowest BCUT2D eigenvalue weighted by atomic mass is 9.99. The molecule has 1 unspecified atom stereocenters. The van der Waals surface area contributed by atoms with Crippen molar-refractivity contribution in [3.8, 4) is 11.5 Å². The van der Waals surface area contributed by atoms with Crippen molar-refractivity contribution in [1.29, 1.82) is 0 Å². The van der Waals surface area contributed by atoms with E-state index in [1.807, 2.05) is 18.2 Å². The molecule has 2 aromatic carbocycles. The van der Waals surface area contributed by atoms with Crippen LogP contribution in [-0.4, -0.2) is 41.6 Å². The second-order valence-electron chi connectivity index (χ2n) is 6.62. The molecule has 0 saturated heterocycles. The minimum absolute atomic E-state index is 0.0181. The third kappa shape index (κ3) is 4.52. The maximum atomic E-state index is 12.6. The van der Waals surface area contributed by atoms with Gasteiger partial charge in [0, 0.05) is 19.2 Å². The fourth-order valence-corrected chi connectivity index (χ4v) is 3.17. The quantitative estimate of drug-likeness (QED) is 0.637. The number of benzene rings is 2. The topological polar surface area (TPSA) is 76.1 Å². The molecule has 0 spiro atoms. The van der Waals surface area contributed by atoms with Gasteiger partial charge in [0.2, 0.25) is 0 Å². The van der Waals surface area contributed by atoms with Crippen LogP contribution in [0.1, 0.15) is 23.6 Å². The van der Waals surface area contributed by atoms with Crippen molar-refractivity contribution in [1.82, 2.24) is 4.90 Å². The summed E-state index contributed by atoms with van der Waals surface area (Å²) in [5.41, 5.74) is 3.04. The summed E-state index contributed by atoms with van der Waals surface area (Å²) in [7, 11) is 1.45. The van der Waals surface area contributed by atoms with Crippen LogP contribution in [0.4, 0.5) is 0 Å². The number of amides is 1. The Morgan fingerprint density at radius 3 is 2.68 bits per heavy atom. The second kappa shape index (κ2) is 8.61. The normalized spacial score (nSPS) is 14.4. The van der Waals surface area contributed by atoms with E-state index in [1.54, 1.807) is 30.0 Å². The summed E-state index contributed by atoms with van der Waals surface area (Å²) in [6, 6.07) is 12.8. The first-order chi connectivity index (χ1) is 13.5. The molecule has 0 bridgehead atoms. The number of rotatable bonds is 5. The molecule has 1 aliphatic heterocycles. The molecule has 1 aliphatic rings. The fraction of sp³-hybridized carbons (Fsp3) is 0.273. The van der Waals surface area contributed by atoms with Gasteiger partial charge in [0.25, 0.3) is 5.91 Å². The summed E-state index contributed by atoms with van der Waals surface area (Å²) in [4.78, 5) is 26.4. The van der Waals surface area contributed by atoms with Crippen LogP contribution >= 0.6 is 0 Å². The van der Waals surface area contributed by atoms with Gasteiger partial charge < -0.3 is 19.5 Å². The highest BCUT2D eigenvalue weighted by molar-refractivity contribution is 5.90. The molecule has 0 fully saturated rings. The number of hydrogen-bond acceptors (Lipinski definition) is 5. The molecule has 0 saturated carbocycles. The Balaban J connectivity index is 1.57. The van der Waals surface area contributed by atoms with Gasteiger partial charge in [0.15, 0.2) is 17.6 Å². The van der Waals surface area contributed by atoms with E-state index in [4.69, 9.17) is 9.47 Å². The molecule has 146 valence electrons. The minimum atomic E-state index is -0.864. The number of hydrogen-bond donors (Lipinski definition) is 1. The van der Waals surface area contributed by atoms with Gasteiger partial charge in [0.05, 0.1) is 7.11 Å². The van der Waals surface area contributed by atoms with E-state index in [2.05, 4.69) is 6.07 Å². The van der Waals surface area contributed by atoms with Gasteiger partial charge in [0.1, 0.15) is 0 Å². The van der Waals surface area contributed by atoms with Crippen molar-refractivity contribution < 1.29 is 24.2 Å². The maximum Gasteiger partial charge on any atom is 0.331 e. The summed E-state index contributed by atoms with van der Waals surface area (Å²) in [6.07, 6.45) is 2.72. The number of aromatic hydroxyl groups is 1. The van der Waals surface area contributed by atoms with Crippen LogP contribution in [-0.2, 0) is 27.3 Å². The SMILES string of the molecule is COc1cc(/C=C/C(=O)OC(C)C(=O)N2CCc3ccccc3C2)ccc1O. The van der Waals surface area contributed by atoms with E-state index in [9.17, 15) is 14.7 Å². The lowest BCUT2D eigenvalue weighted by molar-refractivity contribution is -0.155. The highest BCUT2D eigenvalue weighted by Crippen LogP contribution is 2.26. The third-order valence-corrected chi connectivity index (χ3v) is 4.70. The number of carbonyl (C=O) groups excluding carboxylic acids is 2. The molecule has 2 aromatic rings. The van der Waals surface area contributed by atoms with Gasteiger partial charge in [-0.05, 0) is 48.2 Å². The van der Waals surface area contributed by atoms with Crippen LogP contribution in [0.25, 0.3) is 6.08 Å². The van der Waals surface area contributed by atoms with E-state index in [0.717, 1.165) is 12.0 Å². The van der Waals surface area contributed by atoms with Crippen LogP contribution in [0, 0.1) is 0 Å². The number of methoxy groups -OCH3 is 1. The zero-order valence-electron chi connectivity index (χ0n) is 15.9. The Hall–Kier alpha value is -3.28. The average molecular weight is 381 g/mol. The summed E-state index contributed by atoms with van der Waals surface area (Å²) in [5, 5.41) is 9.59. The number of ether oxygens (including phenoxy) is 2. The van der Waals surface area contributed by atoms with Crippen molar-refractivity contribution in [2.75, 3.05) is 13.7 Å². The monoisotopic (exact) mass is 381 g/mol. The average Bonchev–Trinajstić information content (AvgIpc) is 2.72. The van der Waals surface area contributed by atoms with Gasteiger partial charge in [-0.2, -0.15) is 0 Å². The molecule has 0 aromatic heterocycles. The van der Waals surface area contributed by atoms with Crippen molar-refractivity contribution in [3.05, 3.63) is 65.2 Å². The number of nitrogens with zero attached hydrogens (tertiary/aromatic N) is 1. The number of phenols is 1. The molecule has 0 radical (unpaired) electrons. The van der Waals surface area contributed by atoms with Crippen LogP contribution in [0.5, 0.6) is 11.5 Å². The van der Waals surface area contributed by atoms with Crippen LogP contribution in [0.15, 0.2) is 48.5 Å². The summed E-state index contributed by atoms with van der Waals surface area (Å²) >= 11 is 0. The molecule has 1 heterocycles. The first-order valence-electron chi connectivity index (χ1n) is 9.09. The number of phenolic OH excluding ortho intramolecular Hbond substituents is 1. The zero-order valence-corrected chi connectivity index (χ0v) is 15.9. The fourth-order valence-electron chi connectivity index (χ4n) is 3.17. The Kier molecular flexibility index (Phi) is 5.99. The predicted molar refractivity (Wildman–Crippen MR) is 105 cm³/mol. The van der Waals surface area contributed by atoms with Crippen LogP contribution in [0.3, 0.4) is 0 Å². The van der Waals surface area contributed by atoms with Gasteiger partial charge in [-0.25, -0.2) is 4.79 Å². The van der Waals surface area contributed by atoms with E-state index >= 15 is 0 Å². The summed E-state index contributed by atoms with van der Waals surface area (Å²) in [6.45, 7) is 2.72. The van der Waals surface area contributed by atoms with E-state index in [-0.39, 0.29) is 11.7 Å². The van der Waals surface area contributed by atoms with Gasteiger partial charge in [-0.1, -0.05) is 30.3 Å². The molecular formula is C22H23NO5. The highest BCUT2D eigenvalue weighted by atomic mass is 16.5. The van der Waals surface area contributed by atoms with Crippen molar-refractivity contribution in [2.45, 2.75) is 26.0 Å². The summed E-state index contributed by atoms with van der Waals surface area (Å²) < 4.78 is 10.3. The van der Waals surface area contributed by atoms with Gasteiger partial charge >= 0.3 is 5.97 Å². The lowest BCUT2D eigenvalue weighted by Gasteiger charge is -2.30. The standard InChI is InChI=1S/C22H23NO5/c1-15(22(26)23-12-11-17-5-3-4-6-18(17)14-23)28-21(25)10-8-16-7-9-19(24)20(13-16)27-2/h3-10,13,15,24H,11-12,14H2,1-2H3/b10-8+. The second-order valence-corrected chi connectivity index (χ2v) is 6.62. The first kappa shape index (κ1) is 19.5. The first-order valence-corrected chi connectivity index (χ1v) is 9.09. The van der Waals surface area contributed by atoms with Gasteiger partial charge in [-0.15, -0.1) is 0 Å². The van der Waals surface area contributed by atoms with E-state index in [1.165, 1.54) is 24.8 Å². The third-order valence-electron chi connectivity index (χ3n) is 4.70. The number of esters is 1. The molecule has 3 rings (SSSR count).